The van der Waals surface area contributed by atoms with Crippen molar-refractivity contribution in [1.29, 1.82) is 0 Å². The van der Waals surface area contributed by atoms with Gasteiger partial charge in [0.25, 0.3) is 0 Å². The van der Waals surface area contributed by atoms with Crippen LogP contribution in [0.5, 0.6) is 0 Å². The van der Waals surface area contributed by atoms with Gasteiger partial charge in [-0.1, -0.05) is 30.3 Å². The maximum absolute atomic E-state index is 5.43. The number of rotatable bonds is 1. The number of morpholine rings is 1. The van der Waals surface area contributed by atoms with Gasteiger partial charge < -0.3 is 9.64 Å². The van der Waals surface area contributed by atoms with E-state index in [2.05, 4.69) is 47.4 Å². The van der Waals surface area contributed by atoms with Crippen LogP contribution in [0.4, 0.5) is 5.69 Å². The Hall–Kier alpha value is -1.80. The van der Waals surface area contributed by atoms with E-state index in [-0.39, 0.29) is 0 Å². The van der Waals surface area contributed by atoms with Crippen molar-refractivity contribution in [2.45, 2.75) is 6.42 Å². The molecule has 96 valence electrons. The van der Waals surface area contributed by atoms with Crippen LogP contribution in [0.15, 0.2) is 42.5 Å². The molecule has 0 bridgehead atoms. The molecule has 1 aliphatic heterocycles. The third-order valence-electron chi connectivity index (χ3n) is 4.16. The third-order valence-corrected chi connectivity index (χ3v) is 4.16. The topological polar surface area (TPSA) is 12.5 Å². The molecule has 0 radical (unpaired) electrons. The van der Waals surface area contributed by atoms with E-state index >= 15 is 0 Å². The van der Waals surface area contributed by atoms with E-state index in [1.54, 1.807) is 0 Å². The highest BCUT2D eigenvalue weighted by Crippen LogP contribution is 2.38. The number of ether oxygens (including phenoxy) is 1. The molecule has 4 rings (SSSR count). The zero-order chi connectivity index (χ0) is 12.7. The first-order chi connectivity index (χ1) is 9.42. The molecule has 1 heterocycles. The van der Waals surface area contributed by atoms with Crippen LogP contribution in [-0.4, -0.2) is 26.3 Å². The second kappa shape index (κ2) is 4.39. The summed E-state index contributed by atoms with van der Waals surface area (Å²) in [7, 11) is 0. The molecule has 0 atom stereocenters. The van der Waals surface area contributed by atoms with Crippen LogP contribution in [0.2, 0.25) is 0 Å². The summed E-state index contributed by atoms with van der Waals surface area (Å²) in [5.74, 6) is 0. The van der Waals surface area contributed by atoms with Crippen molar-refractivity contribution in [3.8, 4) is 11.1 Å². The Kier molecular flexibility index (Phi) is 2.56. The second-order valence-electron chi connectivity index (χ2n) is 5.27. The van der Waals surface area contributed by atoms with Crippen molar-refractivity contribution in [2.75, 3.05) is 31.2 Å². The van der Waals surface area contributed by atoms with Crippen molar-refractivity contribution >= 4 is 5.69 Å². The summed E-state index contributed by atoms with van der Waals surface area (Å²) < 4.78 is 5.43. The molecular formula is C17H17NO. The van der Waals surface area contributed by atoms with Gasteiger partial charge in [0.05, 0.1) is 13.2 Å². The lowest BCUT2D eigenvalue weighted by atomic mass is 10.0. The number of hydrogen-bond donors (Lipinski definition) is 0. The van der Waals surface area contributed by atoms with E-state index in [9.17, 15) is 0 Å². The number of benzene rings is 2. The molecule has 0 N–H and O–H groups in total. The highest BCUT2D eigenvalue weighted by molar-refractivity contribution is 5.79. The van der Waals surface area contributed by atoms with Crippen molar-refractivity contribution in [2.24, 2.45) is 0 Å². The lowest BCUT2D eigenvalue weighted by molar-refractivity contribution is 0.122. The highest BCUT2D eigenvalue weighted by Gasteiger charge is 2.19. The SMILES string of the molecule is c1ccc2c(c1)Cc1ccc(N3CCOCC3)cc1-2. The Bertz CT molecular complexity index is 614. The van der Waals surface area contributed by atoms with Gasteiger partial charge >= 0.3 is 0 Å². The first-order valence-corrected chi connectivity index (χ1v) is 6.96. The number of hydrogen-bond acceptors (Lipinski definition) is 2. The number of nitrogens with zero attached hydrogens (tertiary/aromatic N) is 1. The first kappa shape index (κ1) is 11.1. The van der Waals surface area contributed by atoms with Gasteiger partial charge in [-0.3, -0.25) is 0 Å². The maximum Gasteiger partial charge on any atom is 0.0642 e. The summed E-state index contributed by atoms with van der Waals surface area (Å²) in [6.07, 6.45) is 1.08. The molecule has 19 heavy (non-hydrogen) atoms. The summed E-state index contributed by atoms with van der Waals surface area (Å²) in [6.45, 7) is 3.68. The summed E-state index contributed by atoms with van der Waals surface area (Å²) in [4.78, 5) is 2.42. The number of fused-ring (bicyclic) bond motifs is 3. The third kappa shape index (κ3) is 1.83. The molecular weight excluding hydrogens is 234 g/mol. The smallest absolute Gasteiger partial charge is 0.0642 e. The molecule has 2 aromatic rings. The van der Waals surface area contributed by atoms with Gasteiger partial charge in [-0.25, -0.2) is 0 Å². The Morgan fingerprint density at radius 1 is 0.842 bits per heavy atom. The van der Waals surface area contributed by atoms with Gasteiger partial charge in [0.1, 0.15) is 0 Å². The van der Waals surface area contributed by atoms with Crippen LogP contribution in [0.3, 0.4) is 0 Å². The maximum atomic E-state index is 5.43. The molecule has 0 aromatic heterocycles. The quantitative estimate of drug-likeness (QED) is 0.659. The zero-order valence-corrected chi connectivity index (χ0v) is 10.9. The van der Waals surface area contributed by atoms with Crippen LogP contribution < -0.4 is 4.90 Å². The molecule has 1 fully saturated rings. The minimum atomic E-state index is 0.841. The summed E-state index contributed by atoms with van der Waals surface area (Å²) in [5, 5.41) is 0. The predicted molar refractivity (Wildman–Crippen MR) is 77.7 cm³/mol. The minimum absolute atomic E-state index is 0.841. The fraction of sp³-hybridized carbons (Fsp3) is 0.294. The molecule has 2 aromatic carbocycles. The molecule has 0 unspecified atom stereocenters. The van der Waals surface area contributed by atoms with Crippen LogP contribution >= 0.6 is 0 Å². The van der Waals surface area contributed by atoms with Crippen LogP contribution in [0.25, 0.3) is 11.1 Å². The van der Waals surface area contributed by atoms with Crippen molar-refractivity contribution < 1.29 is 4.74 Å². The molecule has 0 spiro atoms. The normalized spacial score (nSPS) is 17.2. The summed E-state index contributed by atoms with van der Waals surface area (Å²) in [5.41, 5.74) is 7.07. The molecule has 2 nitrogen and oxygen atoms in total. The molecule has 1 aliphatic carbocycles. The number of anilines is 1. The van der Waals surface area contributed by atoms with E-state index in [0.29, 0.717) is 0 Å². The highest BCUT2D eigenvalue weighted by atomic mass is 16.5. The van der Waals surface area contributed by atoms with E-state index in [4.69, 9.17) is 4.74 Å². The monoisotopic (exact) mass is 251 g/mol. The molecule has 2 aliphatic rings. The zero-order valence-electron chi connectivity index (χ0n) is 10.9. The van der Waals surface area contributed by atoms with Gasteiger partial charge in [-0.2, -0.15) is 0 Å². The van der Waals surface area contributed by atoms with E-state index in [1.807, 2.05) is 0 Å². The van der Waals surface area contributed by atoms with E-state index in [0.717, 1.165) is 32.7 Å². The Labute approximate surface area is 113 Å². The second-order valence-corrected chi connectivity index (χ2v) is 5.27. The largest absolute Gasteiger partial charge is 0.378 e. The Balaban J connectivity index is 1.75. The Morgan fingerprint density at radius 3 is 2.53 bits per heavy atom. The summed E-state index contributed by atoms with van der Waals surface area (Å²) in [6, 6.07) is 15.7. The fourth-order valence-corrected chi connectivity index (χ4v) is 3.13. The van der Waals surface area contributed by atoms with Crippen LogP contribution in [0.1, 0.15) is 11.1 Å². The average Bonchev–Trinajstić information content (AvgIpc) is 2.86. The minimum Gasteiger partial charge on any atom is -0.378 e. The van der Waals surface area contributed by atoms with Gasteiger partial charge in [0, 0.05) is 18.8 Å². The Morgan fingerprint density at radius 2 is 1.63 bits per heavy atom. The van der Waals surface area contributed by atoms with Gasteiger partial charge in [-0.15, -0.1) is 0 Å². The van der Waals surface area contributed by atoms with Gasteiger partial charge in [0.2, 0.25) is 0 Å². The van der Waals surface area contributed by atoms with Crippen molar-refractivity contribution in [3.05, 3.63) is 53.6 Å². The van der Waals surface area contributed by atoms with Crippen LogP contribution in [-0.2, 0) is 11.2 Å². The van der Waals surface area contributed by atoms with Gasteiger partial charge in [-0.05, 0) is 40.8 Å². The summed E-state index contributed by atoms with van der Waals surface area (Å²) >= 11 is 0. The fourth-order valence-electron chi connectivity index (χ4n) is 3.13. The molecule has 0 amide bonds. The first-order valence-electron chi connectivity index (χ1n) is 6.96. The molecule has 2 heteroatoms. The lowest BCUT2D eigenvalue weighted by Gasteiger charge is -2.29. The predicted octanol–water partition coefficient (Wildman–Crippen LogP) is 3.09. The van der Waals surface area contributed by atoms with Crippen LogP contribution in [0, 0.1) is 0 Å². The molecule has 1 saturated heterocycles. The van der Waals surface area contributed by atoms with Crippen molar-refractivity contribution in [1.82, 2.24) is 0 Å². The average molecular weight is 251 g/mol. The lowest BCUT2D eigenvalue weighted by Crippen LogP contribution is -2.36. The van der Waals surface area contributed by atoms with Crippen molar-refractivity contribution in [3.63, 3.8) is 0 Å². The van der Waals surface area contributed by atoms with E-state index in [1.165, 1.54) is 27.9 Å². The van der Waals surface area contributed by atoms with E-state index < -0.39 is 0 Å². The van der Waals surface area contributed by atoms with Gasteiger partial charge in [0.15, 0.2) is 0 Å². The standard InChI is InChI=1S/C17H17NO/c1-2-4-16-13(3-1)11-14-5-6-15(12-17(14)16)18-7-9-19-10-8-18/h1-6,12H,7-11H2. The molecule has 0 saturated carbocycles.